The van der Waals surface area contributed by atoms with Crippen molar-refractivity contribution in [1.82, 2.24) is 0 Å². The highest BCUT2D eigenvalue weighted by molar-refractivity contribution is 5.76. The first-order chi connectivity index (χ1) is 7.31. The maximum absolute atomic E-state index is 8.66. The van der Waals surface area contributed by atoms with Crippen LogP contribution in [0.4, 0.5) is 0 Å². The van der Waals surface area contributed by atoms with E-state index in [0.717, 1.165) is 11.1 Å². The van der Waals surface area contributed by atoms with Gasteiger partial charge in [-0.05, 0) is 36.3 Å². The molecule has 72 valence electrons. The molecule has 0 aliphatic carbocycles. The Morgan fingerprint density at radius 2 is 2.00 bits per heavy atom. The number of rotatable bonds is 2. The minimum absolute atomic E-state index is 0.652. The first-order valence-electron chi connectivity index (χ1n) is 4.61. The van der Waals surface area contributed by atoms with Gasteiger partial charge in [-0.15, -0.1) is 6.42 Å². The van der Waals surface area contributed by atoms with Gasteiger partial charge in [-0.3, -0.25) is 0 Å². The molecule has 1 aromatic carbocycles. The molecule has 0 spiro atoms. The van der Waals surface area contributed by atoms with Crippen molar-refractivity contribution in [2.24, 2.45) is 0 Å². The average molecular weight is 193 g/mol. The Hall–Kier alpha value is -2.25. The second-order valence-corrected chi connectivity index (χ2v) is 2.96. The molecule has 0 amide bonds. The number of hydrogen-bond acceptors (Lipinski definition) is 1. The smallest absolute Gasteiger partial charge is 0.0991 e. The van der Waals surface area contributed by atoms with Crippen molar-refractivity contribution in [3.63, 3.8) is 0 Å². The third kappa shape index (κ3) is 2.86. The van der Waals surface area contributed by atoms with E-state index >= 15 is 0 Å². The van der Waals surface area contributed by atoms with Crippen LogP contribution in [0.25, 0.3) is 5.57 Å². The molecule has 1 rings (SSSR count). The van der Waals surface area contributed by atoms with Gasteiger partial charge in [0, 0.05) is 0 Å². The number of allylic oxidation sites excluding steroid dienone is 4. The van der Waals surface area contributed by atoms with Gasteiger partial charge in [-0.2, -0.15) is 5.26 Å². The summed E-state index contributed by atoms with van der Waals surface area (Å²) in [5.41, 5.74) is 2.65. The van der Waals surface area contributed by atoms with Crippen molar-refractivity contribution >= 4 is 5.57 Å². The van der Waals surface area contributed by atoms with Crippen LogP contribution < -0.4 is 0 Å². The minimum Gasteiger partial charge on any atom is -0.192 e. The fourth-order valence-corrected chi connectivity index (χ4v) is 1.23. The molecule has 0 aliphatic heterocycles. The van der Waals surface area contributed by atoms with E-state index in [1.165, 1.54) is 0 Å². The number of nitriles is 1. The molecular formula is C14H11N. The first-order valence-corrected chi connectivity index (χ1v) is 4.61. The number of terminal acetylenes is 1. The summed E-state index contributed by atoms with van der Waals surface area (Å²) in [5.74, 6) is 2.50. The van der Waals surface area contributed by atoms with Crippen molar-refractivity contribution < 1.29 is 0 Å². The largest absolute Gasteiger partial charge is 0.192 e. The Labute approximate surface area is 90.4 Å². The van der Waals surface area contributed by atoms with Gasteiger partial charge in [0.15, 0.2) is 0 Å². The Morgan fingerprint density at radius 3 is 2.47 bits per heavy atom. The van der Waals surface area contributed by atoms with Crippen molar-refractivity contribution in [2.45, 2.75) is 6.92 Å². The van der Waals surface area contributed by atoms with Gasteiger partial charge in [0.25, 0.3) is 0 Å². The summed E-state index contributed by atoms with van der Waals surface area (Å²) in [7, 11) is 0. The van der Waals surface area contributed by atoms with Gasteiger partial charge in [-0.25, -0.2) is 0 Å². The van der Waals surface area contributed by atoms with Crippen LogP contribution in [-0.4, -0.2) is 0 Å². The Morgan fingerprint density at radius 1 is 1.33 bits per heavy atom. The molecule has 1 heteroatoms. The minimum atomic E-state index is 0.652. The van der Waals surface area contributed by atoms with Crippen LogP contribution in [0.3, 0.4) is 0 Å². The van der Waals surface area contributed by atoms with E-state index in [-0.39, 0.29) is 0 Å². The Bertz CT molecular complexity index is 462. The zero-order valence-electron chi connectivity index (χ0n) is 8.57. The van der Waals surface area contributed by atoms with E-state index in [1.807, 2.05) is 31.2 Å². The second kappa shape index (κ2) is 5.47. The van der Waals surface area contributed by atoms with Crippen LogP contribution in [0, 0.1) is 23.7 Å². The highest BCUT2D eigenvalue weighted by Crippen LogP contribution is 2.16. The Kier molecular flexibility index (Phi) is 3.95. The molecule has 0 bridgehead atoms. The molecule has 0 heterocycles. The Balaban J connectivity index is 3.10. The monoisotopic (exact) mass is 193 g/mol. The summed E-state index contributed by atoms with van der Waals surface area (Å²) in [6.07, 6.45) is 10.8. The first kappa shape index (κ1) is 10.8. The molecule has 0 fully saturated rings. The van der Waals surface area contributed by atoms with Crippen LogP contribution in [0.1, 0.15) is 18.1 Å². The average Bonchev–Trinajstić information content (AvgIpc) is 2.29. The van der Waals surface area contributed by atoms with E-state index in [9.17, 15) is 0 Å². The summed E-state index contributed by atoms with van der Waals surface area (Å²) in [6, 6.07) is 9.42. The van der Waals surface area contributed by atoms with E-state index in [2.05, 4.69) is 12.0 Å². The summed E-state index contributed by atoms with van der Waals surface area (Å²) < 4.78 is 0. The van der Waals surface area contributed by atoms with Gasteiger partial charge in [-0.1, -0.05) is 30.2 Å². The zero-order valence-corrected chi connectivity index (χ0v) is 8.57. The topological polar surface area (TPSA) is 23.8 Å². The van der Waals surface area contributed by atoms with E-state index in [4.69, 9.17) is 11.7 Å². The van der Waals surface area contributed by atoms with Crippen LogP contribution in [-0.2, 0) is 0 Å². The highest BCUT2D eigenvalue weighted by atomic mass is 14.2. The molecule has 0 radical (unpaired) electrons. The molecule has 0 saturated carbocycles. The fraction of sp³-hybridized carbons (Fsp3) is 0.0714. The molecule has 1 aromatic rings. The van der Waals surface area contributed by atoms with Crippen molar-refractivity contribution in [3.05, 3.63) is 53.6 Å². The highest BCUT2D eigenvalue weighted by Gasteiger charge is 1.96. The summed E-state index contributed by atoms with van der Waals surface area (Å²) in [6.45, 7) is 1.94. The lowest BCUT2D eigenvalue weighted by molar-refractivity contribution is 1.48. The van der Waals surface area contributed by atoms with Crippen LogP contribution in [0.5, 0.6) is 0 Å². The van der Waals surface area contributed by atoms with Crippen molar-refractivity contribution in [2.75, 3.05) is 0 Å². The maximum atomic E-state index is 8.66. The number of benzene rings is 1. The lowest BCUT2D eigenvalue weighted by Gasteiger charge is -2.00. The quantitative estimate of drug-likeness (QED) is 0.523. The van der Waals surface area contributed by atoms with E-state index < -0.39 is 0 Å². The zero-order chi connectivity index (χ0) is 11.1. The summed E-state index contributed by atoms with van der Waals surface area (Å²) >= 11 is 0. The molecule has 0 atom stereocenters. The molecule has 1 nitrogen and oxygen atoms in total. The van der Waals surface area contributed by atoms with Crippen LogP contribution in [0.2, 0.25) is 0 Å². The van der Waals surface area contributed by atoms with E-state index in [0.29, 0.717) is 5.56 Å². The predicted molar refractivity (Wildman–Crippen MR) is 62.8 cm³/mol. The third-order valence-electron chi connectivity index (χ3n) is 1.93. The molecule has 0 aromatic heterocycles. The van der Waals surface area contributed by atoms with Gasteiger partial charge in [0.05, 0.1) is 11.6 Å². The summed E-state index contributed by atoms with van der Waals surface area (Å²) in [4.78, 5) is 0. The SMILES string of the molecule is C#C/C=C(\C=C/C)c1ccc(C#N)cc1. The van der Waals surface area contributed by atoms with Gasteiger partial charge in [0.2, 0.25) is 0 Å². The van der Waals surface area contributed by atoms with Crippen LogP contribution >= 0.6 is 0 Å². The third-order valence-corrected chi connectivity index (χ3v) is 1.93. The molecule has 0 aliphatic rings. The number of nitrogens with zero attached hydrogens (tertiary/aromatic N) is 1. The molecule has 0 unspecified atom stereocenters. The number of hydrogen-bond donors (Lipinski definition) is 0. The lowest BCUT2D eigenvalue weighted by Crippen LogP contribution is -1.81. The normalized spacial score (nSPS) is 11.0. The molecular weight excluding hydrogens is 182 g/mol. The van der Waals surface area contributed by atoms with Crippen molar-refractivity contribution in [1.29, 1.82) is 5.26 Å². The molecule has 0 N–H and O–H groups in total. The fourth-order valence-electron chi connectivity index (χ4n) is 1.23. The van der Waals surface area contributed by atoms with Gasteiger partial charge < -0.3 is 0 Å². The molecule has 15 heavy (non-hydrogen) atoms. The standard InChI is InChI=1S/C14H11N/c1-3-5-13(6-4-2)14-9-7-12(11-15)8-10-14/h1,4-10H,2H3/b6-4-,13-5+. The van der Waals surface area contributed by atoms with Gasteiger partial charge in [0.1, 0.15) is 0 Å². The van der Waals surface area contributed by atoms with Crippen LogP contribution in [0.15, 0.2) is 42.5 Å². The summed E-state index contributed by atoms with van der Waals surface area (Å²) in [5, 5.41) is 8.66. The van der Waals surface area contributed by atoms with Gasteiger partial charge >= 0.3 is 0 Å². The maximum Gasteiger partial charge on any atom is 0.0991 e. The van der Waals surface area contributed by atoms with E-state index in [1.54, 1.807) is 18.2 Å². The predicted octanol–water partition coefficient (Wildman–Crippen LogP) is 3.15. The lowest BCUT2D eigenvalue weighted by atomic mass is 10.0. The molecule has 0 saturated heterocycles. The van der Waals surface area contributed by atoms with Crippen molar-refractivity contribution in [3.8, 4) is 18.4 Å². The second-order valence-electron chi connectivity index (χ2n) is 2.96.